The number of carbonyl (C=O) groups is 6. The summed E-state index contributed by atoms with van der Waals surface area (Å²) in [6, 6.07) is 17.1. The molecule has 4 unspecified atom stereocenters. The molecule has 4 atom stereocenters. The Labute approximate surface area is 319 Å². The lowest BCUT2D eigenvalue weighted by molar-refractivity contribution is -0.147. The molecule has 13 nitrogen and oxygen atoms in total. The van der Waals surface area contributed by atoms with Gasteiger partial charge in [0.15, 0.2) is 0 Å². The molecule has 0 aromatic heterocycles. The number of alkyl halides is 3. The predicted molar refractivity (Wildman–Crippen MR) is 196 cm³/mol. The van der Waals surface area contributed by atoms with E-state index in [0.29, 0.717) is 28.3 Å². The van der Waals surface area contributed by atoms with E-state index >= 15 is 0 Å². The molecule has 0 heterocycles. The molecular formula is C40H41F3N2O11. The Balaban J connectivity index is 1.29. The van der Waals surface area contributed by atoms with Crippen molar-refractivity contribution in [2.24, 2.45) is 23.7 Å². The van der Waals surface area contributed by atoms with Gasteiger partial charge < -0.3 is 35.1 Å². The lowest BCUT2D eigenvalue weighted by Crippen LogP contribution is -2.33. The normalized spacial score (nSPS) is 17.9. The number of aliphatic carboxylic acids is 2. The Morgan fingerprint density at radius 1 is 0.893 bits per heavy atom. The molecule has 3 aromatic carbocycles. The van der Waals surface area contributed by atoms with Gasteiger partial charge in [0.25, 0.3) is 0 Å². The van der Waals surface area contributed by atoms with E-state index in [1.54, 1.807) is 37.4 Å². The first-order chi connectivity index (χ1) is 26.5. The Hall–Kier alpha value is -6.19. The van der Waals surface area contributed by atoms with Gasteiger partial charge in [-0.15, -0.1) is 0 Å². The molecule has 0 bridgehead atoms. The minimum atomic E-state index is -4.25. The number of Topliss-reactive ketones (excluding diaryl/α,β-unsaturated/α-hetero) is 1. The third-order valence-corrected chi connectivity index (χ3v) is 9.19. The van der Waals surface area contributed by atoms with Crippen LogP contribution >= 0.6 is 0 Å². The van der Waals surface area contributed by atoms with E-state index in [9.17, 15) is 52.2 Å². The minimum absolute atomic E-state index is 0.0798. The van der Waals surface area contributed by atoms with E-state index in [4.69, 9.17) is 14.2 Å². The van der Waals surface area contributed by atoms with Crippen molar-refractivity contribution in [2.75, 3.05) is 30.9 Å². The Bertz CT molecular complexity index is 1930. The summed E-state index contributed by atoms with van der Waals surface area (Å²) in [6.45, 7) is 0.990. The van der Waals surface area contributed by atoms with E-state index in [-0.39, 0.29) is 43.8 Å². The van der Waals surface area contributed by atoms with Crippen molar-refractivity contribution in [3.63, 3.8) is 0 Å². The number of hydrogen-bond acceptors (Lipinski definition) is 10. The fourth-order valence-electron chi connectivity index (χ4n) is 6.48. The number of rotatable bonds is 18. The van der Waals surface area contributed by atoms with E-state index in [1.807, 2.05) is 0 Å². The van der Waals surface area contributed by atoms with Gasteiger partial charge in [-0.25, -0.2) is 9.59 Å². The smallest absolute Gasteiger partial charge is 0.389 e. The molecule has 298 valence electrons. The molecule has 4 rings (SSSR count). The maximum Gasteiger partial charge on any atom is 0.389 e. The molecular weight excluding hydrogens is 741 g/mol. The molecule has 4 N–H and O–H groups in total. The van der Waals surface area contributed by atoms with Gasteiger partial charge in [0.1, 0.15) is 17.3 Å². The van der Waals surface area contributed by atoms with Crippen molar-refractivity contribution in [3.8, 4) is 11.5 Å². The van der Waals surface area contributed by atoms with Crippen molar-refractivity contribution in [2.45, 2.75) is 45.2 Å². The highest BCUT2D eigenvalue weighted by molar-refractivity contribution is 5.97. The average Bonchev–Trinajstić information content (AvgIpc) is 3.53. The van der Waals surface area contributed by atoms with Crippen LogP contribution in [0.5, 0.6) is 11.5 Å². The Morgan fingerprint density at radius 3 is 2.18 bits per heavy atom. The predicted octanol–water partition coefficient (Wildman–Crippen LogP) is 6.42. The molecule has 1 fully saturated rings. The third-order valence-electron chi connectivity index (χ3n) is 9.19. The van der Waals surface area contributed by atoms with Crippen LogP contribution in [0.15, 0.2) is 72.8 Å². The van der Waals surface area contributed by atoms with Gasteiger partial charge >= 0.3 is 30.1 Å². The molecule has 0 saturated heterocycles. The van der Waals surface area contributed by atoms with Crippen LogP contribution in [0.2, 0.25) is 0 Å². The summed E-state index contributed by atoms with van der Waals surface area (Å²) in [4.78, 5) is 74.5. The van der Waals surface area contributed by atoms with Crippen LogP contribution in [0.4, 0.5) is 24.5 Å². The number of ether oxygens (including phenoxy) is 3. The van der Waals surface area contributed by atoms with Crippen LogP contribution in [-0.2, 0) is 35.1 Å². The van der Waals surface area contributed by atoms with Crippen molar-refractivity contribution in [1.29, 1.82) is 0 Å². The highest BCUT2D eigenvalue weighted by Gasteiger charge is 2.52. The van der Waals surface area contributed by atoms with Gasteiger partial charge in [-0.05, 0) is 91.4 Å². The zero-order valence-electron chi connectivity index (χ0n) is 30.5. The second kappa shape index (κ2) is 19.4. The number of hydrogen-bond donors (Lipinski definition) is 4. The summed E-state index contributed by atoms with van der Waals surface area (Å²) in [5.74, 6) is -8.83. The van der Waals surface area contributed by atoms with E-state index in [0.717, 1.165) is 0 Å². The topological polar surface area (TPSA) is 195 Å². The molecule has 1 amide bonds. The van der Waals surface area contributed by atoms with Gasteiger partial charge in [-0.1, -0.05) is 18.2 Å². The summed E-state index contributed by atoms with van der Waals surface area (Å²) in [5, 5.41) is 24.9. The van der Waals surface area contributed by atoms with Crippen LogP contribution in [-0.4, -0.2) is 72.2 Å². The first-order valence-corrected chi connectivity index (χ1v) is 17.6. The van der Waals surface area contributed by atoms with Gasteiger partial charge in [0.05, 0.1) is 24.7 Å². The van der Waals surface area contributed by atoms with Crippen molar-refractivity contribution < 1.29 is 66.4 Å². The Morgan fingerprint density at radius 2 is 1.57 bits per heavy atom. The fraction of sp³-hybridized carbons (Fsp3) is 0.350. The van der Waals surface area contributed by atoms with Crippen LogP contribution in [0.1, 0.15) is 54.1 Å². The molecule has 0 spiro atoms. The number of ketones is 1. The van der Waals surface area contributed by atoms with Crippen molar-refractivity contribution in [1.82, 2.24) is 0 Å². The largest absolute Gasteiger partial charge is 0.494 e. The average molecular weight is 783 g/mol. The SMILES string of the molecule is CNc1ccc(CCOC(=O)/C=C/c2ccc(OC(=O)c3ccc(OCCCC(F)(F)F)cc3)cc2)c(NC(=O)C2CC(C(=O)O)C(C(C)=O)C2CC(=O)O)c1. The highest BCUT2D eigenvalue weighted by Crippen LogP contribution is 2.45. The van der Waals surface area contributed by atoms with Crippen molar-refractivity contribution >= 4 is 53.0 Å². The number of carbonyl (C=O) groups excluding carboxylic acids is 4. The summed E-state index contributed by atoms with van der Waals surface area (Å²) in [6.07, 6.45) is -3.28. The zero-order chi connectivity index (χ0) is 41.0. The lowest BCUT2D eigenvalue weighted by Gasteiger charge is -2.23. The van der Waals surface area contributed by atoms with Crippen LogP contribution in [0.3, 0.4) is 0 Å². The summed E-state index contributed by atoms with van der Waals surface area (Å²) in [7, 11) is 1.67. The third kappa shape index (κ3) is 12.4. The minimum Gasteiger partial charge on any atom is -0.494 e. The molecule has 0 radical (unpaired) electrons. The van der Waals surface area contributed by atoms with Gasteiger partial charge in [0.2, 0.25) is 5.91 Å². The van der Waals surface area contributed by atoms with E-state index < -0.39 is 78.3 Å². The van der Waals surface area contributed by atoms with E-state index in [1.165, 1.54) is 55.5 Å². The number of esters is 2. The maximum atomic E-state index is 13.5. The summed E-state index contributed by atoms with van der Waals surface area (Å²) >= 11 is 0. The van der Waals surface area contributed by atoms with Gasteiger partial charge in [-0.3, -0.25) is 19.2 Å². The first-order valence-electron chi connectivity index (χ1n) is 17.6. The molecule has 3 aromatic rings. The zero-order valence-corrected chi connectivity index (χ0v) is 30.5. The lowest BCUT2D eigenvalue weighted by atomic mass is 9.81. The number of carboxylic acids is 2. The van der Waals surface area contributed by atoms with Gasteiger partial charge in [0, 0.05) is 55.6 Å². The number of nitrogens with one attached hydrogen (secondary N) is 2. The van der Waals surface area contributed by atoms with Crippen molar-refractivity contribution in [3.05, 3.63) is 89.5 Å². The summed E-state index contributed by atoms with van der Waals surface area (Å²) in [5.41, 5.74) is 2.33. The van der Waals surface area contributed by atoms with Crippen LogP contribution in [0, 0.1) is 23.7 Å². The molecule has 0 aliphatic heterocycles. The van der Waals surface area contributed by atoms with Crippen LogP contribution in [0.25, 0.3) is 6.08 Å². The molecule has 1 aliphatic carbocycles. The number of halogens is 3. The standard InChI is InChI=1S/C40H41F3N2O11/c1-23(46)36-30(22-34(47)48)31(21-32(36)38(51)52)37(50)45-33-20-27(44-2)10-7-25(33)16-19-55-35(49)15-6-24-4-11-29(12-5-24)56-39(53)26-8-13-28(14-9-26)54-18-3-17-40(41,42)43/h4-15,20,30-32,36,44H,3,16-19,21-22H2,1-2H3,(H,45,50)(H,47,48)(H,51,52)/b15-6+. The second-order valence-corrected chi connectivity index (χ2v) is 13.1. The number of amides is 1. The number of benzene rings is 3. The first kappa shape index (κ1) is 42.6. The van der Waals surface area contributed by atoms with Gasteiger partial charge in [-0.2, -0.15) is 13.2 Å². The molecule has 56 heavy (non-hydrogen) atoms. The number of carboxylic acid groups (broad SMARTS) is 2. The van der Waals surface area contributed by atoms with Crippen LogP contribution < -0.4 is 20.1 Å². The second-order valence-electron chi connectivity index (χ2n) is 13.1. The monoisotopic (exact) mass is 782 g/mol. The maximum absolute atomic E-state index is 13.5. The fourth-order valence-corrected chi connectivity index (χ4v) is 6.48. The molecule has 16 heteroatoms. The quantitative estimate of drug-likeness (QED) is 0.0479. The highest BCUT2D eigenvalue weighted by atomic mass is 19.4. The Kier molecular flexibility index (Phi) is 14.8. The van der Waals surface area contributed by atoms with E-state index in [2.05, 4.69) is 10.6 Å². The molecule has 1 aliphatic rings. The number of anilines is 2. The summed E-state index contributed by atoms with van der Waals surface area (Å²) < 4.78 is 52.8. The molecule has 1 saturated carbocycles.